The van der Waals surface area contributed by atoms with Gasteiger partial charge in [0.15, 0.2) is 0 Å². The van der Waals surface area contributed by atoms with Crippen molar-refractivity contribution in [3.05, 3.63) is 53.1 Å². The third kappa shape index (κ3) is 3.43. The molecule has 1 unspecified atom stereocenters. The quantitative estimate of drug-likeness (QED) is 0.881. The van der Waals surface area contributed by atoms with Gasteiger partial charge in [0.1, 0.15) is 0 Å². The van der Waals surface area contributed by atoms with E-state index in [0.29, 0.717) is 10.7 Å². The van der Waals surface area contributed by atoms with Gasteiger partial charge in [0.05, 0.1) is 16.8 Å². The number of nitrogens with two attached hydrogens (primary N) is 1. The summed E-state index contributed by atoms with van der Waals surface area (Å²) in [6.07, 6.45) is 6.14. The number of hydrogen-bond acceptors (Lipinski definition) is 4. The molecule has 3 N–H and O–H groups in total. The van der Waals surface area contributed by atoms with Crippen molar-refractivity contribution in [1.29, 1.82) is 0 Å². The molecule has 0 radical (unpaired) electrons. The van der Waals surface area contributed by atoms with E-state index in [1.807, 2.05) is 12.1 Å². The molecule has 2 rings (SSSR count). The predicted molar refractivity (Wildman–Crippen MR) is 78.0 cm³/mol. The van der Waals surface area contributed by atoms with Crippen LogP contribution in [0.2, 0.25) is 5.02 Å². The summed E-state index contributed by atoms with van der Waals surface area (Å²) in [5.74, 6) is 0. The van der Waals surface area contributed by atoms with Crippen molar-refractivity contribution in [2.75, 3.05) is 12.3 Å². The third-order valence-corrected chi connectivity index (χ3v) is 3.07. The standard InChI is InChI=1S/C14H17ClN4/c1-2-6-18-14(11-9-17-7-5-12(11)16)13-4-3-10(15)8-19-13/h3-5,7-9,14,18H,2,6H2,1H3,(H2,16,17). The van der Waals surface area contributed by atoms with Crippen molar-refractivity contribution in [2.45, 2.75) is 19.4 Å². The van der Waals surface area contributed by atoms with E-state index in [0.717, 1.165) is 24.2 Å². The molecule has 0 bridgehead atoms. The maximum Gasteiger partial charge on any atom is 0.0786 e. The predicted octanol–water partition coefficient (Wildman–Crippen LogP) is 2.80. The molecule has 0 aromatic carbocycles. The Morgan fingerprint density at radius 3 is 2.79 bits per heavy atom. The van der Waals surface area contributed by atoms with Crippen LogP contribution in [0.4, 0.5) is 5.69 Å². The fourth-order valence-corrected chi connectivity index (χ4v) is 1.99. The van der Waals surface area contributed by atoms with Crippen molar-refractivity contribution in [3.63, 3.8) is 0 Å². The molecule has 2 aromatic rings. The van der Waals surface area contributed by atoms with Crippen LogP contribution in [0, 0.1) is 0 Å². The number of rotatable bonds is 5. The normalized spacial score (nSPS) is 12.3. The van der Waals surface area contributed by atoms with Crippen molar-refractivity contribution in [2.24, 2.45) is 0 Å². The SMILES string of the molecule is CCCNC(c1ccc(Cl)cn1)c1cnccc1N. The van der Waals surface area contributed by atoms with Gasteiger partial charge in [-0.15, -0.1) is 0 Å². The zero-order valence-electron chi connectivity index (χ0n) is 10.8. The maximum atomic E-state index is 6.03. The molecule has 0 aliphatic rings. The molecule has 2 heterocycles. The van der Waals surface area contributed by atoms with Crippen LogP contribution < -0.4 is 11.1 Å². The Kier molecular flexibility index (Phi) is 4.71. The van der Waals surface area contributed by atoms with E-state index in [-0.39, 0.29) is 6.04 Å². The van der Waals surface area contributed by atoms with Crippen LogP contribution in [0.15, 0.2) is 36.8 Å². The molecule has 0 saturated heterocycles. The highest BCUT2D eigenvalue weighted by atomic mass is 35.5. The summed E-state index contributed by atoms with van der Waals surface area (Å²) in [6, 6.07) is 5.47. The summed E-state index contributed by atoms with van der Waals surface area (Å²) < 4.78 is 0. The van der Waals surface area contributed by atoms with Crippen molar-refractivity contribution in [1.82, 2.24) is 15.3 Å². The number of nitrogens with one attached hydrogen (secondary N) is 1. The van der Waals surface area contributed by atoms with Crippen LogP contribution in [-0.4, -0.2) is 16.5 Å². The third-order valence-electron chi connectivity index (χ3n) is 2.84. The van der Waals surface area contributed by atoms with Crippen LogP contribution in [-0.2, 0) is 0 Å². The number of halogens is 1. The highest BCUT2D eigenvalue weighted by molar-refractivity contribution is 6.30. The Hall–Kier alpha value is -1.65. The van der Waals surface area contributed by atoms with Gasteiger partial charge >= 0.3 is 0 Å². The lowest BCUT2D eigenvalue weighted by Crippen LogP contribution is -2.25. The number of pyridine rings is 2. The lowest BCUT2D eigenvalue weighted by atomic mass is 10.0. The lowest BCUT2D eigenvalue weighted by Gasteiger charge is -2.19. The van der Waals surface area contributed by atoms with Crippen molar-refractivity contribution >= 4 is 17.3 Å². The van der Waals surface area contributed by atoms with Crippen molar-refractivity contribution < 1.29 is 0 Å². The number of aromatic nitrogens is 2. The molecule has 19 heavy (non-hydrogen) atoms. The second kappa shape index (κ2) is 6.50. The summed E-state index contributed by atoms with van der Waals surface area (Å²) in [4.78, 5) is 8.51. The summed E-state index contributed by atoms with van der Waals surface area (Å²) in [5, 5.41) is 4.06. The maximum absolute atomic E-state index is 6.03. The monoisotopic (exact) mass is 276 g/mol. The van der Waals surface area contributed by atoms with E-state index in [9.17, 15) is 0 Å². The molecular weight excluding hydrogens is 260 g/mol. The first-order valence-corrected chi connectivity index (χ1v) is 6.64. The van der Waals surface area contributed by atoms with Gasteiger partial charge in [0.25, 0.3) is 0 Å². The second-order valence-electron chi connectivity index (χ2n) is 4.29. The molecule has 0 fully saturated rings. The second-order valence-corrected chi connectivity index (χ2v) is 4.73. The van der Waals surface area contributed by atoms with Gasteiger partial charge < -0.3 is 11.1 Å². The highest BCUT2D eigenvalue weighted by Crippen LogP contribution is 2.25. The number of anilines is 1. The topological polar surface area (TPSA) is 63.8 Å². The molecule has 0 saturated carbocycles. The fourth-order valence-electron chi connectivity index (χ4n) is 1.88. The highest BCUT2D eigenvalue weighted by Gasteiger charge is 2.17. The van der Waals surface area contributed by atoms with Gasteiger partial charge in [-0.3, -0.25) is 9.97 Å². The lowest BCUT2D eigenvalue weighted by molar-refractivity contribution is 0.586. The molecule has 2 aromatic heterocycles. The average molecular weight is 277 g/mol. The van der Waals surface area contributed by atoms with E-state index >= 15 is 0 Å². The summed E-state index contributed by atoms with van der Waals surface area (Å²) in [6.45, 7) is 3.00. The minimum Gasteiger partial charge on any atom is -0.398 e. The zero-order chi connectivity index (χ0) is 13.7. The molecule has 0 aliphatic heterocycles. The first-order chi connectivity index (χ1) is 9.22. The largest absolute Gasteiger partial charge is 0.398 e. The molecule has 0 amide bonds. The number of nitrogen functional groups attached to an aromatic ring is 1. The minimum atomic E-state index is -0.0640. The minimum absolute atomic E-state index is 0.0640. The summed E-state index contributed by atoms with van der Waals surface area (Å²) >= 11 is 5.88. The zero-order valence-corrected chi connectivity index (χ0v) is 11.6. The van der Waals surface area contributed by atoms with Crippen LogP contribution in [0.3, 0.4) is 0 Å². The van der Waals surface area contributed by atoms with Gasteiger partial charge in [-0.1, -0.05) is 18.5 Å². The van der Waals surface area contributed by atoms with Crippen LogP contribution in [0.25, 0.3) is 0 Å². The Morgan fingerprint density at radius 2 is 2.16 bits per heavy atom. The Labute approximate surface area is 118 Å². The molecule has 0 spiro atoms. The van der Waals surface area contributed by atoms with Crippen LogP contribution >= 0.6 is 11.6 Å². The molecule has 1 atom stereocenters. The van der Waals surface area contributed by atoms with E-state index in [1.165, 1.54) is 0 Å². The first-order valence-electron chi connectivity index (χ1n) is 6.26. The van der Waals surface area contributed by atoms with Gasteiger partial charge in [0.2, 0.25) is 0 Å². The number of hydrogen-bond donors (Lipinski definition) is 2. The first kappa shape index (κ1) is 13.8. The fraction of sp³-hybridized carbons (Fsp3) is 0.286. The molecule has 100 valence electrons. The molecule has 5 heteroatoms. The van der Waals surface area contributed by atoms with Crippen LogP contribution in [0.1, 0.15) is 30.6 Å². The van der Waals surface area contributed by atoms with Gasteiger partial charge in [-0.2, -0.15) is 0 Å². The van der Waals surface area contributed by atoms with E-state index < -0.39 is 0 Å². The molecule has 0 aliphatic carbocycles. The van der Waals surface area contributed by atoms with Gasteiger partial charge in [-0.25, -0.2) is 0 Å². The molecular formula is C14H17ClN4. The molecule has 4 nitrogen and oxygen atoms in total. The van der Waals surface area contributed by atoms with Crippen molar-refractivity contribution in [3.8, 4) is 0 Å². The van der Waals surface area contributed by atoms with E-state index in [4.69, 9.17) is 17.3 Å². The summed E-state index contributed by atoms with van der Waals surface area (Å²) in [7, 11) is 0. The van der Waals surface area contributed by atoms with Gasteiger partial charge in [0, 0.05) is 29.8 Å². The van der Waals surface area contributed by atoms with E-state index in [2.05, 4.69) is 22.2 Å². The average Bonchev–Trinajstić information content (AvgIpc) is 2.43. The van der Waals surface area contributed by atoms with E-state index in [1.54, 1.807) is 24.7 Å². The Morgan fingerprint density at radius 1 is 1.32 bits per heavy atom. The summed E-state index contributed by atoms with van der Waals surface area (Å²) in [5.41, 5.74) is 8.56. The number of nitrogens with zero attached hydrogens (tertiary/aromatic N) is 2. The Balaban J connectivity index is 2.35. The van der Waals surface area contributed by atoms with Gasteiger partial charge in [-0.05, 0) is 31.2 Å². The van der Waals surface area contributed by atoms with Crippen LogP contribution in [0.5, 0.6) is 0 Å². The Bertz CT molecular complexity index is 527. The smallest absolute Gasteiger partial charge is 0.0786 e.